The lowest BCUT2D eigenvalue weighted by molar-refractivity contribution is 0.268. The van der Waals surface area contributed by atoms with Crippen molar-refractivity contribution in [3.05, 3.63) is 38.0 Å². The van der Waals surface area contributed by atoms with E-state index in [1.54, 1.807) is 17.2 Å². The Hall–Kier alpha value is -0.860. The first-order valence-corrected chi connectivity index (χ1v) is 4.92. The lowest BCUT2D eigenvalue weighted by atomic mass is 10.2. The van der Waals surface area contributed by atoms with Crippen molar-refractivity contribution in [2.75, 3.05) is 7.05 Å². The lowest BCUT2D eigenvalue weighted by Gasteiger charge is -2.16. The Morgan fingerprint density at radius 2 is 1.57 bits per heavy atom. The molecule has 2 N–H and O–H groups in total. The van der Waals surface area contributed by atoms with Gasteiger partial charge in [0.15, 0.2) is 0 Å². The normalized spacial score (nSPS) is 9.86. The monoisotopic (exact) mass is 198 g/mol. The van der Waals surface area contributed by atoms with Crippen LogP contribution in [0.5, 0.6) is 0 Å². The van der Waals surface area contributed by atoms with Gasteiger partial charge in [-0.1, -0.05) is 45.2 Å². The topological polar surface area (TPSA) is 29.3 Å². The number of hydrazine groups is 1. The molecule has 1 unspecified atom stereocenters. The van der Waals surface area contributed by atoms with E-state index in [0.29, 0.717) is 6.04 Å². The van der Waals surface area contributed by atoms with Gasteiger partial charge in [-0.05, 0) is 13.3 Å². The fourth-order valence-corrected chi connectivity index (χ4v) is 0.407. The average molecular weight is 198 g/mol. The van der Waals surface area contributed by atoms with Crippen LogP contribution < -0.4 is 5.84 Å². The first-order chi connectivity index (χ1) is 6.59. The Balaban J connectivity index is -0.000000170. The molecule has 14 heavy (non-hydrogen) atoms. The lowest BCUT2D eigenvalue weighted by Crippen LogP contribution is -2.34. The van der Waals surface area contributed by atoms with E-state index in [9.17, 15) is 0 Å². The van der Waals surface area contributed by atoms with Crippen LogP contribution in [0.1, 0.15) is 27.2 Å². The van der Waals surface area contributed by atoms with E-state index in [1.807, 2.05) is 27.0 Å². The summed E-state index contributed by atoms with van der Waals surface area (Å²) < 4.78 is 0. The number of rotatable bonds is 4. The highest BCUT2D eigenvalue weighted by molar-refractivity contribution is 4.88. The Labute approximate surface area is 89.8 Å². The second-order valence-corrected chi connectivity index (χ2v) is 2.51. The molecule has 2 nitrogen and oxygen atoms in total. The van der Waals surface area contributed by atoms with Gasteiger partial charge in [-0.2, -0.15) is 0 Å². The number of hydrogen-bond donors (Lipinski definition) is 1. The summed E-state index contributed by atoms with van der Waals surface area (Å²) in [5.74, 6) is 5.41. The van der Waals surface area contributed by atoms with Crippen molar-refractivity contribution in [1.29, 1.82) is 0 Å². The summed E-state index contributed by atoms with van der Waals surface area (Å²) in [6.07, 6.45) is 6.10. The molecule has 0 saturated heterocycles. The Bertz CT molecular complexity index is 122. The summed E-state index contributed by atoms with van der Waals surface area (Å²) >= 11 is 0. The zero-order chi connectivity index (χ0) is 12.0. The van der Waals surface area contributed by atoms with Crippen molar-refractivity contribution in [1.82, 2.24) is 5.01 Å². The van der Waals surface area contributed by atoms with Gasteiger partial charge in [0.1, 0.15) is 0 Å². The second-order valence-electron chi connectivity index (χ2n) is 2.51. The number of nitrogens with two attached hydrogens (primary N) is 1. The van der Waals surface area contributed by atoms with Gasteiger partial charge in [-0.25, -0.2) is 5.01 Å². The van der Waals surface area contributed by atoms with Gasteiger partial charge in [-0.3, -0.25) is 5.84 Å². The molecule has 1 atom stereocenters. The molecule has 2 heteroatoms. The molecular formula is C12H26N2. The van der Waals surface area contributed by atoms with E-state index in [4.69, 9.17) is 5.84 Å². The first-order valence-electron chi connectivity index (χ1n) is 4.92. The van der Waals surface area contributed by atoms with Crippen LogP contribution in [0.4, 0.5) is 0 Å². The third kappa shape index (κ3) is 22.5. The molecule has 0 aromatic carbocycles. The fourth-order valence-electron chi connectivity index (χ4n) is 0.407. The maximum Gasteiger partial charge on any atom is 0.0244 e. The van der Waals surface area contributed by atoms with Gasteiger partial charge in [0.2, 0.25) is 0 Å². The van der Waals surface area contributed by atoms with Crippen LogP contribution in [0.2, 0.25) is 0 Å². The molecule has 0 bridgehead atoms. The Kier molecular flexibility index (Phi) is 24.3. The van der Waals surface area contributed by atoms with E-state index in [1.165, 1.54) is 0 Å². The quantitative estimate of drug-likeness (QED) is 0.325. The molecule has 0 aliphatic heterocycles. The van der Waals surface area contributed by atoms with Gasteiger partial charge in [0.05, 0.1) is 0 Å². The summed E-state index contributed by atoms with van der Waals surface area (Å²) in [5, 5.41) is 1.68. The Morgan fingerprint density at radius 1 is 1.21 bits per heavy atom. The molecule has 0 radical (unpaired) electrons. The molecule has 0 rings (SSSR count). The maximum absolute atomic E-state index is 5.41. The smallest absolute Gasteiger partial charge is 0.0244 e. The molecule has 0 spiro atoms. The van der Waals surface area contributed by atoms with Gasteiger partial charge in [-0.15, -0.1) is 6.58 Å². The van der Waals surface area contributed by atoms with Gasteiger partial charge >= 0.3 is 0 Å². The van der Waals surface area contributed by atoms with E-state index >= 15 is 0 Å². The van der Waals surface area contributed by atoms with E-state index in [0.717, 1.165) is 6.42 Å². The van der Waals surface area contributed by atoms with Crippen molar-refractivity contribution >= 4 is 0 Å². The standard InChI is InChI=1S/C6H14N2.C4H6.C2H6/c1-4-5-6(2)8(3)7;1-3-4-2;1-2/h4,6H,1,5,7H2,2-3H3;3-4H,1-2H2;1-2H3. The minimum atomic E-state index is 0.410. The summed E-state index contributed by atoms with van der Waals surface area (Å²) in [5.41, 5.74) is 0. The zero-order valence-electron chi connectivity index (χ0n) is 10.2. The highest BCUT2D eigenvalue weighted by atomic mass is 15.4. The summed E-state index contributed by atoms with van der Waals surface area (Å²) in [4.78, 5) is 0. The molecule has 0 heterocycles. The minimum Gasteiger partial charge on any atom is -0.269 e. The second kappa shape index (κ2) is 18.0. The molecular weight excluding hydrogens is 172 g/mol. The highest BCUT2D eigenvalue weighted by Gasteiger charge is 1.99. The largest absolute Gasteiger partial charge is 0.269 e. The highest BCUT2D eigenvalue weighted by Crippen LogP contribution is 1.94. The van der Waals surface area contributed by atoms with Crippen molar-refractivity contribution in [2.45, 2.75) is 33.2 Å². The van der Waals surface area contributed by atoms with Gasteiger partial charge in [0.25, 0.3) is 0 Å². The molecule has 84 valence electrons. The third-order valence-corrected chi connectivity index (χ3v) is 1.37. The van der Waals surface area contributed by atoms with Crippen LogP contribution in [-0.2, 0) is 0 Å². The zero-order valence-corrected chi connectivity index (χ0v) is 10.2. The summed E-state index contributed by atoms with van der Waals surface area (Å²) in [6.45, 7) is 16.4. The van der Waals surface area contributed by atoms with Gasteiger partial charge in [0, 0.05) is 13.1 Å². The summed E-state index contributed by atoms with van der Waals surface area (Å²) in [6, 6.07) is 0.410. The van der Waals surface area contributed by atoms with E-state index < -0.39 is 0 Å². The number of nitrogens with zero attached hydrogens (tertiary/aromatic N) is 1. The van der Waals surface area contributed by atoms with Crippen LogP contribution >= 0.6 is 0 Å². The third-order valence-electron chi connectivity index (χ3n) is 1.37. The fraction of sp³-hybridized carbons (Fsp3) is 0.500. The number of hydrogen-bond acceptors (Lipinski definition) is 2. The van der Waals surface area contributed by atoms with Crippen LogP contribution in [0.3, 0.4) is 0 Å². The van der Waals surface area contributed by atoms with E-state index in [2.05, 4.69) is 26.7 Å². The first kappa shape index (κ1) is 18.8. The predicted molar refractivity (Wildman–Crippen MR) is 68.0 cm³/mol. The SMILES string of the molecule is C=CC=C.C=CCC(C)N(C)N.CC. The average Bonchev–Trinajstić information content (AvgIpc) is 2.21. The van der Waals surface area contributed by atoms with Crippen molar-refractivity contribution in [3.8, 4) is 0 Å². The molecule has 0 aromatic rings. The van der Waals surface area contributed by atoms with Crippen LogP contribution in [0.15, 0.2) is 38.0 Å². The van der Waals surface area contributed by atoms with Crippen LogP contribution in [-0.4, -0.2) is 18.1 Å². The Morgan fingerprint density at radius 3 is 1.64 bits per heavy atom. The number of allylic oxidation sites excluding steroid dienone is 2. The van der Waals surface area contributed by atoms with Crippen LogP contribution in [0.25, 0.3) is 0 Å². The predicted octanol–water partition coefficient (Wildman–Crippen LogP) is 3.14. The molecule has 0 saturated carbocycles. The maximum atomic E-state index is 5.41. The van der Waals surface area contributed by atoms with Crippen molar-refractivity contribution in [3.63, 3.8) is 0 Å². The summed E-state index contributed by atoms with van der Waals surface area (Å²) in [7, 11) is 1.86. The van der Waals surface area contributed by atoms with Crippen LogP contribution in [0, 0.1) is 0 Å². The van der Waals surface area contributed by atoms with E-state index in [-0.39, 0.29) is 0 Å². The molecule has 0 aromatic heterocycles. The van der Waals surface area contributed by atoms with Gasteiger partial charge < -0.3 is 0 Å². The molecule has 0 fully saturated rings. The van der Waals surface area contributed by atoms with Crippen molar-refractivity contribution < 1.29 is 0 Å². The molecule has 0 amide bonds. The minimum absolute atomic E-state index is 0.410. The molecule has 0 aliphatic rings. The van der Waals surface area contributed by atoms with Crippen molar-refractivity contribution in [2.24, 2.45) is 5.84 Å². The molecule has 0 aliphatic carbocycles.